The molecule has 3 saturated carbocycles. The maximum atomic E-state index is 13.8. The number of carbonyl (C=O) groups excluding carboxylic acids is 2. The molecule has 6 atom stereocenters. The Labute approximate surface area is 199 Å². The zero-order valence-corrected chi connectivity index (χ0v) is 20.8. The molecule has 1 aromatic carbocycles. The van der Waals surface area contributed by atoms with E-state index in [-0.39, 0.29) is 29.3 Å². The summed E-state index contributed by atoms with van der Waals surface area (Å²) in [4.78, 5) is 28.8. The highest BCUT2D eigenvalue weighted by atomic mass is 16.2. The lowest BCUT2D eigenvalue weighted by Crippen LogP contribution is -2.60. The van der Waals surface area contributed by atoms with Gasteiger partial charge in [-0.15, -0.1) is 0 Å². The topological polar surface area (TPSA) is 49.4 Å². The van der Waals surface area contributed by atoms with E-state index in [1.165, 1.54) is 38.5 Å². The van der Waals surface area contributed by atoms with Gasteiger partial charge in [-0.25, -0.2) is 0 Å². The number of hydrogen-bond donors (Lipinski definition) is 1. The summed E-state index contributed by atoms with van der Waals surface area (Å²) in [7, 11) is 0. The Morgan fingerprint density at radius 1 is 1.06 bits per heavy atom. The van der Waals surface area contributed by atoms with Crippen LogP contribution < -0.4 is 5.32 Å². The quantitative estimate of drug-likeness (QED) is 0.620. The SMILES string of the molecule is CC(C)N(Cc1ccccc1)C(=O)C1=C[C@@]2(C)C(CC[C@@H]3[C@H]2CC[C@]2(C)CCC[C@@H]32)NC1=O. The summed E-state index contributed by atoms with van der Waals surface area (Å²) in [5, 5.41) is 3.29. The molecule has 0 radical (unpaired) electrons. The molecule has 5 rings (SSSR count). The van der Waals surface area contributed by atoms with E-state index in [0.29, 0.717) is 23.5 Å². The fraction of sp³-hybridized carbons (Fsp3) is 0.655. The molecule has 0 spiro atoms. The zero-order chi connectivity index (χ0) is 23.4. The number of benzene rings is 1. The third-order valence-corrected chi connectivity index (χ3v) is 9.87. The maximum Gasteiger partial charge on any atom is 0.259 e. The predicted octanol–water partition coefficient (Wildman–Crippen LogP) is 5.48. The first-order valence-electron chi connectivity index (χ1n) is 13.1. The Morgan fingerprint density at radius 3 is 2.55 bits per heavy atom. The van der Waals surface area contributed by atoms with E-state index >= 15 is 0 Å². The highest BCUT2D eigenvalue weighted by molar-refractivity contribution is 6.19. The second-order valence-electron chi connectivity index (χ2n) is 12.0. The standard InChI is InChI=1S/C29H40N2O2/c1-19(2)31(18-20-9-6-5-7-10-20)27(33)22-17-29(4)24-14-16-28(3)15-8-11-23(28)21(24)12-13-25(29)30-26(22)32/h5-7,9-10,17,19,21,23-25H,8,11-16,18H2,1-4H3,(H,30,32)/t21-,23-,24+,25?,28-,29+/m0/s1. The van der Waals surface area contributed by atoms with E-state index in [2.05, 4.69) is 25.2 Å². The first-order valence-corrected chi connectivity index (χ1v) is 13.1. The van der Waals surface area contributed by atoms with Crippen LogP contribution in [0.2, 0.25) is 0 Å². The number of amides is 2. The number of carbonyl (C=O) groups is 2. The minimum Gasteiger partial charge on any atom is -0.348 e. The lowest BCUT2D eigenvalue weighted by molar-refractivity contribution is -0.134. The van der Waals surface area contributed by atoms with Crippen molar-refractivity contribution in [3.05, 3.63) is 47.5 Å². The van der Waals surface area contributed by atoms with Crippen LogP contribution in [0.1, 0.15) is 78.2 Å². The molecule has 0 aromatic heterocycles. The molecule has 178 valence electrons. The van der Waals surface area contributed by atoms with Crippen LogP contribution in [0, 0.1) is 28.6 Å². The van der Waals surface area contributed by atoms with Gasteiger partial charge in [0, 0.05) is 24.0 Å². The molecule has 1 aliphatic heterocycles. The van der Waals surface area contributed by atoms with Gasteiger partial charge in [-0.2, -0.15) is 0 Å². The lowest BCUT2D eigenvalue weighted by atomic mass is 9.48. The van der Waals surface area contributed by atoms with Crippen molar-refractivity contribution in [3.8, 4) is 0 Å². The van der Waals surface area contributed by atoms with E-state index in [1.807, 2.05) is 49.1 Å². The number of rotatable bonds is 4. The minimum absolute atomic E-state index is 0.0184. The van der Waals surface area contributed by atoms with Crippen molar-refractivity contribution in [2.24, 2.45) is 28.6 Å². The van der Waals surface area contributed by atoms with Gasteiger partial charge in [-0.3, -0.25) is 9.59 Å². The van der Waals surface area contributed by atoms with Crippen LogP contribution >= 0.6 is 0 Å². The molecule has 1 N–H and O–H groups in total. The lowest BCUT2D eigenvalue weighted by Gasteiger charge is -2.58. The second-order valence-corrected chi connectivity index (χ2v) is 12.0. The van der Waals surface area contributed by atoms with Crippen LogP contribution in [0.4, 0.5) is 0 Å². The van der Waals surface area contributed by atoms with Crippen LogP contribution in [-0.4, -0.2) is 28.8 Å². The average molecular weight is 449 g/mol. The molecule has 1 unspecified atom stereocenters. The van der Waals surface area contributed by atoms with E-state index in [0.717, 1.165) is 23.8 Å². The van der Waals surface area contributed by atoms with Gasteiger partial charge in [-0.1, -0.05) is 56.7 Å². The van der Waals surface area contributed by atoms with Gasteiger partial charge in [0.05, 0.1) is 0 Å². The zero-order valence-electron chi connectivity index (χ0n) is 20.8. The van der Waals surface area contributed by atoms with E-state index < -0.39 is 0 Å². The van der Waals surface area contributed by atoms with Crippen molar-refractivity contribution in [1.82, 2.24) is 10.2 Å². The number of fused-ring (bicyclic) bond motifs is 5. The van der Waals surface area contributed by atoms with Gasteiger partial charge in [-0.05, 0) is 81.1 Å². The average Bonchev–Trinajstić information content (AvgIpc) is 3.19. The molecule has 0 bridgehead atoms. The third kappa shape index (κ3) is 3.74. The molecule has 33 heavy (non-hydrogen) atoms. The van der Waals surface area contributed by atoms with Gasteiger partial charge in [0.15, 0.2) is 0 Å². The fourth-order valence-corrected chi connectivity index (χ4v) is 8.01. The Balaban J connectivity index is 1.46. The molecule has 1 heterocycles. The molecule has 0 saturated heterocycles. The Bertz CT molecular complexity index is 954. The van der Waals surface area contributed by atoms with Crippen molar-refractivity contribution in [2.45, 2.75) is 91.3 Å². The molecular weight excluding hydrogens is 408 g/mol. The molecule has 3 aliphatic carbocycles. The molecule has 3 fully saturated rings. The minimum atomic E-state index is -0.179. The Hall–Kier alpha value is -2.10. The molecular formula is C29H40N2O2. The Kier molecular flexibility index (Phi) is 5.69. The molecule has 2 amide bonds. The molecule has 4 heteroatoms. The van der Waals surface area contributed by atoms with Gasteiger partial charge in [0.2, 0.25) is 0 Å². The van der Waals surface area contributed by atoms with Crippen molar-refractivity contribution >= 4 is 11.8 Å². The predicted molar refractivity (Wildman–Crippen MR) is 131 cm³/mol. The van der Waals surface area contributed by atoms with Crippen molar-refractivity contribution in [3.63, 3.8) is 0 Å². The normalized spacial score (nSPS) is 37.5. The summed E-state index contributed by atoms with van der Waals surface area (Å²) >= 11 is 0. The summed E-state index contributed by atoms with van der Waals surface area (Å²) in [6.07, 6.45) is 11.0. The van der Waals surface area contributed by atoms with Gasteiger partial charge >= 0.3 is 0 Å². The number of hydrogen-bond acceptors (Lipinski definition) is 2. The monoisotopic (exact) mass is 448 g/mol. The van der Waals surface area contributed by atoms with Gasteiger partial charge < -0.3 is 10.2 Å². The first kappa shape index (κ1) is 22.7. The number of nitrogens with one attached hydrogen (secondary N) is 1. The smallest absolute Gasteiger partial charge is 0.259 e. The van der Waals surface area contributed by atoms with Crippen LogP contribution in [-0.2, 0) is 16.1 Å². The summed E-state index contributed by atoms with van der Waals surface area (Å²) in [5.74, 6) is 1.78. The molecule has 4 nitrogen and oxygen atoms in total. The van der Waals surface area contributed by atoms with Crippen LogP contribution in [0.3, 0.4) is 0 Å². The van der Waals surface area contributed by atoms with Crippen LogP contribution in [0.25, 0.3) is 0 Å². The van der Waals surface area contributed by atoms with Crippen molar-refractivity contribution < 1.29 is 9.59 Å². The van der Waals surface area contributed by atoms with Crippen LogP contribution in [0.5, 0.6) is 0 Å². The van der Waals surface area contributed by atoms with E-state index in [1.54, 1.807) is 0 Å². The molecule has 1 aromatic rings. The van der Waals surface area contributed by atoms with Crippen molar-refractivity contribution in [1.29, 1.82) is 0 Å². The van der Waals surface area contributed by atoms with E-state index in [4.69, 9.17) is 0 Å². The third-order valence-electron chi connectivity index (χ3n) is 9.87. The van der Waals surface area contributed by atoms with E-state index in [9.17, 15) is 9.59 Å². The second kappa shape index (κ2) is 8.29. The largest absolute Gasteiger partial charge is 0.348 e. The van der Waals surface area contributed by atoms with Crippen LogP contribution in [0.15, 0.2) is 42.0 Å². The van der Waals surface area contributed by atoms with Gasteiger partial charge in [0.1, 0.15) is 5.57 Å². The van der Waals surface area contributed by atoms with Crippen molar-refractivity contribution in [2.75, 3.05) is 0 Å². The highest BCUT2D eigenvalue weighted by Crippen LogP contribution is 2.63. The molecule has 4 aliphatic rings. The summed E-state index contributed by atoms with van der Waals surface area (Å²) in [5.41, 5.74) is 1.82. The fourth-order valence-electron chi connectivity index (χ4n) is 8.01. The summed E-state index contributed by atoms with van der Waals surface area (Å²) < 4.78 is 0. The maximum absolute atomic E-state index is 13.8. The summed E-state index contributed by atoms with van der Waals surface area (Å²) in [6, 6.07) is 10.2. The van der Waals surface area contributed by atoms with Gasteiger partial charge in [0.25, 0.3) is 11.8 Å². The Morgan fingerprint density at radius 2 is 1.82 bits per heavy atom. The number of nitrogens with zero attached hydrogens (tertiary/aromatic N) is 1. The first-order chi connectivity index (χ1) is 15.7. The highest BCUT2D eigenvalue weighted by Gasteiger charge is 2.58. The summed E-state index contributed by atoms with van der Waals surface area (Å²) in [6.45, 7) is 9.44.